The Labute approximate surface area is 181 Å². The van der Waals surface area contributed by atoms with Crippen molar-refractivity contribution in [2.24, 2.45) is 0 Å². The molecular weight excluding hydrogens is 422 g/mol. The Morgan fingerprint density at radius 2 is 1.77 bits per heavy atom. The summed E-state index contributed by atoms with van der Waals surface area (Å²) in [7, 11) is -2.37. The van der Waals surface area contributed by atoms with E-state index >= 15 is 0 Å². The molecule has 0 bridgehead atoms. The summed E-state index contributed by atoms with van der Waals surface area (Å²) in [5.41, 5.74) is 0.767. The predicted molar refractivity (Wildman–Crippen MR) is 116 cm³/mol. The number of nitro benzene ring substituents is 1. The molecule has 0 unspecified atom stereocenters. The maximum absolute atomic E-state index is 13.1. The fourth-order valence-electron chi connectivity index (χ4n) is 3.50. The minimum atomic E-state index is -3.76. The van der Waals surface area contributed by atoms with Crippen LogP contribution in [0.5, 0.6) is 5.75 Å². The number of amides is 1. The number of sulfonamides is 1. The van der Waals surface area contributed by atoms with Crippen LogP contribution in [-0.2, 0) is 10.0 Å². The van der Waals surface area contributed by atoms with Crippen LogP contribution in [0.15, 0.2) is 41.3 Å². The number of rotatable bonds is 6. The minimum absolute atomic E-state index is 0.0103. The van der Waals surface area contributed by atoms with E-state index in [4.69, 9.17) is 4.74 Å². The molecule has 1 amide bonds. The van der Waals surface area contributed by atoms with E-state index in [9.17, 15) is 23.3 Å². The normalized spacial score (nSPS) is 15.2. The molecule has 1 aliphatic rings. The molecule has 0 spiro atoms. The molecule has 10 heteroatoms. The van der Waals surface area contributed by atoms with E-state index in [1.165, 1.54) is 47.8 Å². The van der Waals surface area contributed by atoms with E-state index in [2.05, 4.69) is 5.32 Å². The molecule has 1 N–H and O–H groups in total. The van der Waals surface area contributed by atoms with Crippen LogP contribution in [0.3, 0.4) is 0 Å². The summed E-state index contributed by atoms with van der Waals surface area (Å²) in [5.74, 6) is -0.413. The van der Waals surface area contributed by atoms with Crippen LogP contribution >= 0.6 is 0 Å². The highest BCUT2D eigenvalue weighted by molar-refractivity contribution is 7.89. The maximum Gasteiger partial charge on any atom is 0.271 e. The molecule has 1 saturated heterocycles. The van der Waals surface area contributed by atoms with Crippen molar-refractivity contribution < 1.29 is 22.9 Å². The Balaban J connectivity index is 1.94. The molecular formula is C21H25N3O6S. The van der Waals surface area contributed by atoms with Gasteiger partial charge >= 0.3 is 0 Å². The lowest BCUT2D eigenvalue weighted by atomic mass is 10.1. The number of carbonyl (C=O) groups is 1. The van der Waals surface area contributed by atoms with Gasteiger partial charge in [-0.05, 0) is 43.5 Å². The van der Waals surface area contributed by atoms with Gasteiger partial charge in [-0.15, -0.1) is 0 Å². The Bertz CT molecular complexity index is 1090. The largest absolute Gasteiger partial charge is 0.496 e. The molecule has 1 aliphatic heterocycles. The van der Waals surface area contributed by atoms with Gasteiger partial charge in [-0.3, -0.25) is 14.9 Å². The van der Waals surface area contributed by atoms with Gasteiger partial charge in [0.05, 0.1) is 28.2 Å². The lowest BCUT2D eigenvalue weighted by molar-refractivity contribution is -0.384. The SMILES string of the molecule is COc1ccc(S(=O)(=O)N2CCCCCC2)cc1C(=O)Nc1cc([N+](=O)[O-])ccc1C. The molecule has 1 heterocycles. The van der Waals surface area contributed by atoms with Gasteiger partial charge < -0.3 is 10.1 Å². The van der Waals surface area contributed by atoms with Crippen LogP contribution in [0.1, 0.15) is 41.6 Å². The minimum Gasteiger partial charge on any atom is -0.496 e. The van der Waals surface area contributed by atoms with Crippen LogP contribution in [0.2, 0.25) is 0 Å². The van der Waals surface area contributed by atoms with Crippen molar-refractivity contribution in [3.8, 4) is 5.75 Å². The highest BCUT2D eigenvalue weighted by Gasteiger charge is 2.27. The van der Waals surface area contributed by atoms with E-state index in [1.807, 2.05) is 0 Å². The summed E-state index contributed by atoms with van der Waals surface area (Å²) >= 11 is 0. The monoisotopic (exact) mass is 447 g/mol. The zero-order valence-electron chi connectivity index (χ0n) is 17.5. The van der Waals surface area contributed by atoms with Crippen molar-refractivity contribution in [3.63, 3.8) is 0 Å². The predicted octanol–water partition coefficient (Wildman–Crippen LogP) is 3.73. The van der Waals surface area contributed by atoms with Crippen molar-refractivity contribution in [3.05, 3.63) is 57.6 Å². The first-order valence-corrected chi connectivity index (χ1v) is 11.4. The quantitative estimate of drug-likeness (QED) is 0.532. The summed E-state index contributed by atoms with van der Waals surface area (Å²) in [6.07, 6.45) is 3.58. The molecule has 0 aliphatic carbocycles. The molecule has 166 valence electrons. The third-order valence-corrected chi connectivity index (χ3v) is 7.19. The van der Waals surface area contributed by atoms with Crippen molar-refractivity contribution >= 4 is 27.3 Å². The summed E-state index contributed by atoms with van der Waals surface area (Å²) in [6, 6.07) is 8.30. The van der Waals surface area contributed by atoms with Crippen LogP contribution < -0.4 is 10.1 Å². The standard InChI is InChI=1S/C21H25N3O6S/c1-15-7-8-16(24(26)27)13-19(15)22-21(25)18-14-17(9-10-20(18)30-2)31(28,29)23-11-5-3-4-6-12-23/h7-10,13-14H,3-6,11-12H2,1-2H3,(H,22,25). The fourth-order valence-corrected chi connectivity index (χ4v) is 5.05. The Morgan fingerprint density at radius 1 is 1.10 bits per heavy atom. The number of aryl methyl sites for hydroxylation is 1. The molecule has 0 radical (unpaired) electrons. The average Bonchev–Trinajstić information content (AvgIpc) is 3.04. The van der Waals surface area contributed by atoms with Crippen LogP contribution in [0.25, 0.3) is 0 Å². The topological polar surface area (TPSA) is 119 Å². The molecule has 3 rings (SSSR count). The lowest BCUT2D eigenvalue weighted by Crippen LogP contribution is -2.32. The summed E-state index contributed by atoms with van der Waals surface area (Å²) in [5, 5.41) is 13.7. The maximum atomic E-state index is 13.1. The second-order valence-corrected chi connectivity index (χ2v) is 9.33. The average molecular weight is 448 g/mol. The number of nitro groups is 1. The Kier molecular flexibility index (Phi) is 6.91. The first-order chi connectivity index (χ1) is 14.7. The molecule has 0 aromatic heterocycles. The van der Waals surface area contributed by atoms with E-state index in [1.54, 1.807) is 6.92 Å². The fraction of sp³-hybridized carbons (Fsp3) is 0.381. The molecule has 0 atom stereocenters. The summed E-state index contributed by atoms with van der Waals surface area (Å²) in [4.78, 5) is 23.5. The van der Waals surface area contributed by atoms with Gasteiger partial charge in [-0.2, -0.15) is 4.31 Å². The van der Waals surface area contributed by atoms with E-state index in [-0.39, 0.29) is 27.6 Å². The van der Waals surface area contributed by atoms with Crippen molar-refractivity contribution in [2.45, 2.75) is 37.5 Å². The van der Waals surface area contributed by atoms with E-state index < -0.39 is 20.9 Å². The first-order valence-electron chi connectivity index (χ1n) is 9.98. The van der Waals surface area contributed by atoms with Crippen LogP contribution in [0.4, 0.5) is 11.4 Å². The zero-order valence-corrected chi connectivity index (χ0v) is 18.3. The Hall–Kier alpha value is -2.98. The molecule has 2 aromatic rings. The van der Waals surface area contributed by atoms with E-state index in [0.29, 0.717) is 18.7 Å². The third-order valence-electron chi connectivity index (χ3n) is 5.30. The number of benzene rings is 2. The van der Waals surface area contributed by atoms with Crippen molar-refractivity contribution in [1.29, 1.82) is 0 Å². The molecule has 0 saturated carbocycles. The van der Waals surface area contributed by atoms with Gasteiger partial charge in [0.15, 0.2) is 0 Å². The summed E-state index contributed by atoms with van der Waals surface area (Å²) < 4.78 is 33.0. The first kappa shape index (κ1) is 22.7. The van der Waals surface area contributed by atoms with Gasteiger partial charge in [0.1, 0.15) is 5.75 Å². The number of nitrogens with one attached hydrogen (secondary N) is 1. The number of hydrogen-bond acceptors (Lipinski definition) is 6. The van der Waals surface area contributed by atoms with Crippen LogP contribution in [-0.4, -0.2) is 43.8 Å². The number of ether oxygens (including phenoxy) is 1. The van der Waals surface area contributed by atoms with Crippen molar-refractivity contribution in [2.75, 3.05) is 25.5 Å². The second kappa shape index (κ2) is 9.44. The zero-order chi connectivity index (χ0) is 22.6. The van der Waals surface area contributed by atoms with Crippen molar-refractivity contribution in [1.82, 2.24) is 4.31 Å². The number of methoxy groups -OCH3 is 1. The smallest absolute Gasteiger partial charge is 0.271 e. The third kappa shape index (κ3) is 5.02. The molecule has 1 fully saturated rings. The van der Waals surface area contributed by atoms with Gasteiger partial charge in [0.25, 0.3) is 11.6 Å². The highest BCUT2D eigenvalue weighted by Crippen LogP contribution is 2.28. The summed E-state index contributed by atoms with van der Waals surface area (Å²) in [6.45, 7) is 2.60. The van der Waals surface area contributed by atoms with Crippen LogP contribution in [0, 0.1) is 17.0 Å². The van der Waals surface area contributed by atoms with E-state index in [0.717, 1.165) is 25.7 Å². The van der Waals surface area contributed by atoms with Gasteiger partial charge in [0, 0.05) is 25.2 Å². The lowest BCUT2D eigenvalue weighted by Gasteiger charge is -2.20. The Morgan fingerprint density at radius 3 is 2.39 bits per heavy atom. The van der Waals surface area contributed by atoms with Gasteiger partial charge in [-0.1, -0.05) is 18.9 Å². The van der Waals surface area contributed by atoms with Gasteiger partial charge in [0.2, 0.25) is 10.0 Å². The van der Waals surface area contributed by atoms with Gasteiger partial charge in [-0.25, -0.2) is 8.42 Å². The number of hydrogen-bond donors (Lipinski definition) is 1. The highest BCUT2D eigenvalue weighted by atomic mass is 32.2. The molecule has 9 nitrogen and oxygen atoms in total. The second-order valence-electron chi connectivity index (χ2n) is 7.39. The molecule has 31 heavy (non-hydrogen) atoms. The number of nitrogens with zero attached hydrogens (tertiary/aromatic N) is 2. The molecule has 2 aromatic carbocycles. The number of anilines is 1. The number of carbonyl (C=O) groups excluding carboxylic acids is 1. The number of non-ortho nitro benzene ring substituents is 1.